The van der Waals surface area contributed by atoms with Gasteiger partial charge in [0.25, 0.3) is 0 Å². The summed E-state index contributed by atoms with van der Waals surface area (Å²) in [5, 5.41) is 0. The van der Waals surface area contributed by atoms with Crippen molar-refractivity contribution in [1.82, 2.24) is 9.88 Å². The maximum Gasteiger partial charge on any atom is 0.636 e. The lowest BCUT2D eigenvalue weighted by Gasteiger charge is -2.22. The molecule has 1 fully saturated rings. The standard InChI is InChI=1S/C29H33BN2O8S/c1-20-22(7-5-8-25(20)26-13-14-27(31-21(26)2)37-15-6-16-41(4,35)36)19-38-24-11-9-23(10-12-24)30-39-28(33)17-32(3)18-29(34)40-30/h5,7-14H,6,15-19H2,1-4H3. The second-order valence-electron chi connectivity index (χ2n) is 10.0. The topological polar surface area (TPSA) is 121 Å². The molecule has 41 heavy (non-hydrogen) atoms. The van der Waals surface area contributed by atoms with Crippen LogP contribution in [-0.4, -0.2) is 76.1 Å². The molecule has 0 saturated carbocycles. The van der Waals surface area contributed by atoms with Gasteiger partial charge >= 0.3 is 19.1 Å². The fraction of sp³-hybridized carbons (Fsp3) is 0.345. The van der Waals surface area contributed by atoms with Gasteiger partial charge in [-0.1, -0.05) is 30.3 Å². The molecule has 1 aliphatic rings. The molecule has 4 rings (SSSR count). The van der Waals surface area contributed by atoms with Gasteiger partial charge < -0.3 is 18.8 Å². The first-order valence-electron chi connectivity index (χ1n) is 13.2. The monoisotopic (exact) mass is 580 g/mol. The minimum absolute atomic E-state index is 0.00597. The molecule has 2 aromatic carbocycles. The lowest BCUT2D eigenvalue weighted by molar-refractivity contribution is -0.145. The molecule has 1 saturated heterocycles. The SMILES string of the molecule is Cc1nc(OCCCS(C)(=O)=O)ccc1-c1cccc(COc2ccc(B3OC(=O)CN(C)CC(=O)O3)cc2)c1C. The van der Waals surface area contributed by atoms with Crippen molar-refractivity contribution in [2.45, 2.75) is 26.9 Å². The molecule has 0 atom stereocenters. The van der Waals surface area contributed by atoms with Gasteiger partial charge in [-0.15, -0.1) is 0 Å². The van der Waals surface area contributed by atoms with Crippen LogP contribution in [-0.2, 0) is 35.3 Å². The molecule has 2 heterocycles. The number of carbonyl (C=O) groups is 2. The molecule has 12 heteroatoms. The van der Waals surface area contributed by atoms with Crippen molar-refractivity contribution in [2.24, 2.45) is 0 Å². The van der Waals surface area contributed by atoms with Gasteiger partial charge in [0.05, 0.1) is 25.4 Å². The third-order valence-electron chi connectivity index (χ3n) is 6.53. The number of pyridine rings is 1. The van der Waals surface area contributed by atoms with Crippen molar-refractivity contribution in [3.05, 3.63) is 71.4 Å². The number of rotatable bonds is 10. The fourth-order valence-corrected chi connectivity index (χ4v) is 5.03. The summed E-state index contributed by atoms with van der Waals surface area (Å²) in [6.45, 7) is 4.55. The van der Waals surface area contributed by atoms with E-state index < -0.39 is 28.9 Å². The summed E-state index contributed by atoms with van der Waals surface area (Å²) in [6.07, 6.45) is 1.62. The van der Waals surface area contributed by atoms with Crippen LogP contribution in [0, 0.1) is 13.8 Å². The van der Waals surface area contributed by atoms with Crippen LogP contribution in [0.3, 0.4) is 0 Å². The normalized spacial score (nSPS) is 14.6. The van der Waals surface area contributed by atoms with E-state index in [4.69, 9.17) is 18.8 Å². The Morgan fingerprint density at radius 2 is 1.61 bits per heavy atom. The van der Waals surface area contributed by atoms with Crippen molar-refractivity contribution in [1.29, 1.82) is 0 Å². The van der Waals surface area contributed by atoms with E-state index in [9.17, 15) is 18.0 Å². The average molecular weight is 580 g/mol. The minimum Gasteiger partial charge on any atom is -0.494 e. The summed E-state index contributed by atoms with van der Waals surface area (Å²) in [4.78, 5) is 30.2. The van der Waals surface area contributed by atoms with Crippen molar-refractivity contribution in [3.63, 3.8) is 0 Å². The number of nitrogens with zero attached hydrogens (tertiary/aromatic N) is 2. The van der Waals surface area contributed by atoms with Gasteiger partial charge in [-0.05, 0) is 62.2 Å². The molecule has 0 unspecified atom stereocenters. The molecule has 0 radical (unpaired) electrons. The molecular weight excluding hydrogens is 547 g/mol. The second-order valence-corrected chi connectivity index (χ2v) is 12.3. The van der Waals surface area contributed by atoms with E-state index in [0.29, 0.717) is 30.1 Å². The second kappa shape index (κ2) is 13.2. The van der Waals surface area contributed by atoms with Gasteiger partial charge in [0.15, 0.2) is 0 Å². The Hall–Kier alpha value is -3.90. The van der Waals surface area contributed by atoms with E-state index in [1.165, 1.54) is 11.2 Å². The van der Waals surface area contributed by atoms with Gasteiger partial charge in [0.1, 0.15) is 22.2 Å². The highest BCUT2D eigenvalue weighted by molar-refractivity contribution is 7.90. The van der Waals surface area contributed by atoms with Crippen LogP contribution >= 0.6 is 0 Å². The number of hydrogen-bond acceptors (Lipinski definition) is 10. The van der Waals surface area contributed by atoms with Crippen molar-refractivity contribution >= 4 is 34.4 Å². The van der Waals surface area contributed by atoms with Crippen LogP contribution in [0.4, 0.5) is 0 Å². The number of sulfone groups is 1. The number of carbonyl (C=O) groups excluding carboxylic acids is 2. The van der Waals surface area contributed by atoms with E-state index >= 15 is 0 Å². The van der Waals surface area contributed by atoms with Crippen LogP contribution < -0.4 is 14.9 Å². The molecule has 0 N–H and O–H groups in total. The maximum absolute atomic E-state index is 12.0. The third kappa shape index (κ3) is 8.54. The van der Waals surface area contributed by atoms with Crippen LogP contribution in [0.25, 0.3) is 11.1 Å². The summed E-state index contributed by atoms with van der Waals surface area (Å²) in [5.74, 6) is 0.190. The van der Waals surface area contributed by atoms with Crippen molar-refractivity contribution < 1.29 is 36.8 Å². The summed E-state index contributed by atoms with van der Waals surface area (Å²) in [6, 6.07) is 16.6. The molecular formula is C29H33BN2O8S. The molecule has 10 nitrogen and oxygen atoms in total. The summed E-state index contributed by atoms with van der Waals surface area (Å²) in [7, 11) is -2.48. The molecule has 1 aliphatic heterocycles. The van der Waals surface area contributed by atoms with Crippen LogP contribution in [0.5, 0.6) is 11.6 Å². The van der Waals surface area contributed by atoms with Crippen molar-refractivity contribution in [2.75, 3.05) is 38.8 Å². The highest BCUT2D eigenvalue weighted by Crippen LogP contribution is 2.29. The van der Waals surface area contributed by atoms with E-state index in [2.05, 4.69) is 4.98 Å². The number of ether oxygens (including phenoxy) is 2. The molecule has 3 aromatic rings. The predicted molar refractivity (Wildman–Crippen MR) is 155 cm³/mol. The van der Waals surface area contributed by atoms with Gasteiger partial charge in [0.2, 0.25) is 5.88 Å². The van der Waals surface area contributed by atoms with E-state index in [1.807, 2.05) is 38.1 Å². The van der Waals surface area contributed by atoms with E-state index in [1.54, 1.807) is 37.4 Å². The predicted octanol–water partition coefficient (Wildman–Crippen LogP) is 2.48. The molecule has 0 aliphatic carbocycles. The number of benzene rings is 2. The minimum atomic E-state index is -3.02. The number of likely N-dealkylation sites (N-methyl/N-ethyl adjacent to an activating group) is 1. The van der Waals surface area contributed by atoms with Gasteiger partial charge in [0, 0.05) is 29.0 Å². The first-order chi connectivity index (χ1) is 19.5. The lowest BCUT2D eigenvalue weighted by atomic mass is 9.78. The number of hydrogen-bond donors (Lipinski definition) is 0. The summed E-state index contributed by atoms with van der Waals surface area (Å²) in [5.41, 5.74) is 5.37. The quantitative estimate of drug-likeness (QED) is 0.261. The molecule has 0 amide bonds. The fourth-order valence-electron chi connectivity index (χ4n) is 4.38. The highest BCUT2D eigenvalue weighted by Gasteiger charge is 2.33. The molecule has 216 valence electrons. The highest BCUT2D eigenvalue weighted by atomic mass is 32.2. The largest absolute Gasteiger partial charge is 0.636 e. The number of aryl methyl sites for hydroxylation is 1. The van der Waals surface area contributed by atoms with Gasteiger partial charge in [-0.3, -0.25) is 14.5 Å². The third-order valence-corrected chi connectivity index (χ3v) is 7.56. The molecule has 1 aromatic heterocycles. The molecule has 0 spiro atoms. The summed E-state index contributed by atoms with van der Waals surface area (Å²) >= 11 is 0. The van der Waals surface area contributed by atoms with Crippen LogP contribution in [0.15, 0.2) is 54.6 Å². The Morgan fingerprint density at radius 1 is 0.927 bits per heavy atom. The zero-order chi connectivity index (χ0) is 29.6. The smallest absolute Gasteiger partial charge is 0.494 e. The zero-order valence-electron chi connectivity index (χ0n) is 23.6. The summed E-state index contributed by atoms with van der Waals surface area (Å²) < 4.78 is 44.9. The maximum atomic E-state index is 12.0. The molecule has 0 bridgehead atoms. The Balaban J connectivity index is 1.39. The Kier molecular flexibility index (Phi) is 9.67. The first kappa shape index (κ1) is 30.1. The van der Waals surface area contributed by atoms with Gasteiger partial charge in [-0.25, -0.2) is 13.4 Å². The zero-order valence-corrected chi connectivity index (χ0v) is 24.4. The van der Waals surface area contributed by atoms with E-state index in [-0.39, 0.29) is 25.4 Å². The number of aromatic nitrogens is 1. The van der Waals surface area contributed by atoms with Crippen molar-refractivity contribution in [3.8, 4) is 22.8 Å². The Bertz CT molecular complexity index is 1490. The Morgan fingerprint density at radius 3 is 2.24 bits per heavy atom. The van der Waals surface area contributed by atoms with E-state index in [0.717, 1.165) is 27.9 Å². The average Bonchev–Trinajstić information content (AvgIpc) is 2.89. The van der Waals surface area contributed by atoms with Gasteiger partial charge in [-0.2, -0.15) is 0 Å². The first-order valence-corrected chi connectivity index (χ1v) is 15.2. The van der Waals surface area contributed by atoms with Crippen LogP contribution in [0.2, 0.25) is 0 Å². The van der Waals surface area contributed by atoms with Crippen LogP contribution in [0.1, 0.15) is 23.2 Å². The Labute approximate surface area is 240 Å². The lowest BCUT2D eigenvalue weighted by Crippen LogP contribution is -2.47.